The third-order valence-corrected chi connectivity index (χ3v) is 3.84. The van der Waals surface area contributed by atoms with Gasteiger partial charge in [-0.15, -0.1) is 0 Å². The number of carboxylic acids is 1. The molecule has 0 spiro atoms. The van der Waals surface area contributed by atoms with Gasteiger partial charge < -0.3 is 14.6 Å². The number of carbonyl (C=O) groups is 1. The fourth-order valence-electron chi connectivity index (χ4n) is 2.79. The molecule has 3 rings (SSSR count). The van der Waals surface area contributed by atoms with Gasteiger partial charge in [0.1, 0.15) is 24.1 Å². The third kappa shape index (κ3) is 3.27. The van der Waals surface area contributed by atoms with E-state index in [1.165, 1.54) is 0 Å². The summed E-state index contributed by atoms with van der Waals surface area (Å²) in [7, 11) is 1.58. The highest BCUT2D eigenvalue weighted by Crippen LogP contribution is 2.33. The highest BCUT2D eigenvalue weighted by molar-refractivity contribution is 5.77. The summed E-state index contributed by atoms with van der Waals surface area (Å²) in [5, 5.41) is 9.72. The number of methoxy groups -OCH3 is 1. The number of nitrogens with zero attached hydrogens (tertiary/aromatic N) is 2. The maximum atomic E-state index is 11.9. The molecule has 1 N–H and O–H groups in total. The Morgan fingerprint density at radius 1 is 1.43 bits per heavy atom. The van der Waals surface area contributed by atoms with Gasteiger partial charge in [-0.1, -0.05) is 18.2 Å². The number of para-hydroxylation sites is 1. The van der Waals surface area contributed by atoms with Crippen molar-refractivity contribution in [3.8, 4) is 11.5 Å². The Kier molecular flexibility index (Phi) is 4.43. The SMILES string of the molecule is COc1cncc(CN2CCOc3ccccc3C2C(=O)O)c1. The molecule has 0 saturated heterocycles. The molecule has 6 nitrogen and oxygen atoms in total. The first-order valence-electron chi connectivity index (χ1n) is 7.35. The van der Waals surface area contributed by atoms with E-state index < -0.39 is 12.0 Å². The molecule has 0 aliphatic carbocycles. The summed E-state index contributed by atoms with van der Waals surface area (Å²) in [5.41, 5.74) is 1.57. The van der Waals surface area contributed by atoms with E-state index >= 15 is 0 Å². The molecule has 1 unspecified atom stereocenters. The predicted molar refractivity (Wildman–Crippen MR) is 83.5 cm³/mol. The summed E-state index contributed by atoms with van der Waals surface area (Å²) < 4.78 is 10.9. The molecule has 1 aliphatic heterocycles. The van der Waals surface area contributed by atoms with Gasteiger partial charge in [0.05, 0.1) is 13.3 Å². The summed E-state index contributed by atoms with van der Waals surface area (Å²) in [6, 6.07) is 8.40. The highest BCUT2D eigenvalue weighted by atomic mass is 16.5. The van der Waals surface area contributed by atoms with E-state index in [0.29, 0.717) is 36.8 Å². The first-order chi connectivity index (χ1) is 11.2. The maximum Gasteiger partial charge on any atom is 0.325 e. The molecule has 1 aliphatic rings. The van der Waals surface area contributed by atoms with Crippen molar-refractivity contribution in [3.63, 3.8) is 0 Å². The van der Waals surface area contributed by atoms with Gasteiger partial charge in [-0.2, -0.15) is 0 Å². The van der Waals surface area contributed by atoms with Crippen LogP contribution in [-0.4, -0.2) is 41.2 Å². The molecule has 0 bridgehead atoms. The molecule has 23 heavy (non-hydrogen) atoms. The lowest BCUT2D eigenvalue weighted by molar-refractivity contribution is -0.143. The third-order valence-electron chi connectivity index (χ3n) is 3.84. The maximum absolute atomic E-state index is 11.9. The minimum Gasteiger partial charge on any atom is -0.495 e. The van der Waals surface area contributed by atoms with Gasteiger partial charge in [0.25, 0.3) is 0 Å². The second-order valence-electron chi connectivity index (χ2n) is 5.33. The van der Waals surface area contributed by atoms with Gasteiger partial charge >= 0.3 is 5.97 Å². The van der Waals surface area contributed by atoms with Crippen LogP contribution in [0.15, 0.2) is 42.7 Å². The molecule has 1 atom stereocenters. The lowest BCUT2D eigenvalue weighted by Crippen LogP contribution is -2.34. The number of hydrogen-bond donors (Lipinski definition) is 1. The molecule has 2 heterocycles. The largest absolute Gasteiger partial charge is 0.495 e. The Morgan fingerprint density at radius 3 is 3.04 bits per heavy atom. The molecule has 1 aromatic heterocycles. The number of pyridine rings is 1. The van der Waals surface area contributed by atoms with E-state index in [2.05, 4.69) is 4.98 Å². The van der Waals surface area contributed by atoms with Crippen LogP contribution in [0.25, 0.3) is 0 Å². The average Bonchev–Trinajstić information content (AvgIpc) is 2.74. The van der Waals surface area contributed by atoms with Crippen molar-refractivity contribution in [3.05, 3.63) is 53.9 Å². The molecule has 0 fully saturated rings. The topological polar surface area (TPSA) is 71.9 Å². The van der Waals surface area contributed by atoms with Gasteiger partial charge in [0, 0.05) is 24.8 Å². The minimum atomic E-state index is -0.890. The molecule has 2 aromatic rings. The van der Waals surface area contributed by atoms with Crippen LogP contribution in [0.2, 0.25) is 0 Å². The van der Waals surface area contributed by atoms with E-state index in [-0.39, 0.29) is 0 Å². The van der Waals surface area contributed by atoms with Crippen LogP contribution in [0.1, 0.15) is 17.2 Å². The van der Waals surface area contributed by atoms with Gasteiger partial charge in [-0.25, -0.2) is 0 Å². The van der Waals surface area contributed by atoms with Gasteiger partial charge in [-0.3, -0.25) is 14.7 Å². The van der Waals surface area contributed by atoms with Crippen LogP contribution in [-0.2, 0) is 11.3 Å². The first kappa shape index (κ1) is 15.3. The van der Waals surface area contributed by atoms with Crippen molar-refractivity contribution in [1.29, 1.82) is 0 Å². The van der Waals surface area contributed by atoms with Gasteiger partial charge in [0.15, 0.2) is 0 Å². The van der Waals surface area contributed by atoms with Crippen LogP contribution in [0.3, 0.4) is 0 Å². The van der Waals surface area contributed by atoms with Crippen LogP contribution in [0, 0.1) is 0 Å². The summed E-state index contributed by atoms with van der Waals surface area (Å²) >= 11 is 0. The van der Waals surface area contributed by atoms with Crippen LogP contribution in [0.5, 0.6) is 11.5 Å². The Labute approximate surface area is 134 Å². The summed E-state index contributed by atoms with van der Waals surface area (Å²) in [6.07, 6.45) is 3.35. The molecule has 120 valence electrons. The van der Waals surface area contributed by atoms with Crippen molar-refractivity contribution in [2.24, 2.45) is 0 Å². The zero-order valence-corrected chi connectivity index (χ0v) is 12.8. The predicted octanol–water partition coefficient (Wildman–Crippen LogP) is 2.11. The Balaban J connectivity index is 1.92. The number of benzene rings is 1. The van der Waals surface area contributed by atoms with Crippen LogP contribution >= 0.6 is 0 Å². The molecule has 0 amide bonds. The van der Waals surface area contributed by atoms with Gasteiger partial charge in [-0.05, 0) is 17.7 Å². The van der Waals surface area contributed by atoms with E-state index in [0.717, 1.165) is 5.56 Å². The van der Waals surface area contributed by atoms with Crippen molar-refractivity contribution < 1.29 is 19.4 Å². The number of fused-ring (bicyclic) bond motifs is 1. The number of aromatic nitrogens is 1. The Morgan fingerprint density at radius 2 is 2.26 bits per heavy atom. The van der Waals surface area contributed by atoms with Crippen LogP contribution < -0.4 is 9.47 Å². The molecule has 0 radical (unpaired) electrons. The monoisotopic (exact) mass is 314 g/mol. The standard InChI is InChI=1S/C17H18N2O4/c1-22-13-8-12(9-18-10-13)11-19-6-7-23-15-5-3-2-4-14(15)16(19)17(20)21/h2-5,8-10,16H,6-7,11H2,1H3,(H,20,21). The van der Waals surface area contributed by atoms with Crippen molar-refractivity contribution in [2.45, 2.75) is 12.6 Å². The number of aliphatic carboxylic acids is 1. The lowest BCUT2D eigenvalue weighted by Gasteiger charge is -2.26. The lowest BCUT2D eigenvalue weighted by atomic mass is 10.0. The number of rotatable bonds is 4. The Hall–Kier alpha value is -2.60. The second kappa shape index (κ2) is 6.66. The zero-order chi connectivity index (χ0) is 16.2. The van der Waals surface area contributed by atoms with Crippen molar-refractivity contribution >= 4 is 5.97 Å². The molecular weight excluding hydrogens is 296 g/mol. The normalized spacial score (nSPS) is 17.7. The highest BCUT2D eigenvalue weighted by Gasteiger charge is 2.32. The average molecular weight is 314 g/mol. The van der Waals surface area contributed by atoms with E-state index in [9.17, 15) is 9.90 Å². The van der Waals surface area contributed by atoms with Crippen molar-refractivity contribution in [2.75, 3.05) is 20.3 Å². The minimum absolute atomic E-state index is 0.443. The molecular formula is C17H18N2O4. The fraction of sp³-hybridized carbons (Fsp3) is 0.294. The quantitative estimate of drug-likeness (QED) is 0.932. The van der Waals surface area contributed by atoms with E-state index in [4.69, 9.17) is 9.47 Å². The summed E-state index contributed by atoms with van der Waals surface area (Å²) in [6.45, 7) is 1.42. The fourth-order valence-corrected chi connectivity index (χ4v) is 2.79. The van der Waals surface area contributed by atoms with Gasteiger partial charge in [0.2, 0.25) is 0 Å². The van der Waals surface area contributed by atoms with E-state index in [1.54, 1.807) is 25.6 Å². The Bertz CT molecular complexity index is 704. The second-order valence-corrected chi connectivity index (χ2v) is 5.33. The smallest absolute Gasteiger partial charge is 0.325 e. The van der Waals surface area contributed by atoms with Crippen molar-refractivity contribution in [1.82, 2.24) is 9.88 Å². The first-order valence-corrected chi connectivity index (χ1v) is 7.35. The van der Waals surface area contributed by atoms with Crippen LogP contribution in [0.4, 0.5) is 0 Å². The summed E-state index contributed by atoms with van der Waals surface area (Å²) in [5.74, 6) is 0.394. The van der Waals surface area contributed by atoms with E-state index in [1.807, 2.05) is 29.2 Å². The summed E-state index contributed by atoms with van der Waals surface area (Å²) in [4.78, 5) is 17.9. The molecule has 6 heteroatoms. The zero-order valence-electron chi connectivity index (χ0n) is 12.8. The number of ether oxygens (including phenoxy) is 2. The molecule has 0 saturated carbocycles. The number of hydrogen-bond acceptors (Lipinski definition) is 5. The number of carboxylic acid groups (broad SMARTS) is 1. The molecule has 1 aromatic carbocycles.